The monoisotopic (exact) mass is 381 g/mol. The molecule has 5 heteroatoms. The molecule has 1 aliphatic rings. The number of aromatic nitrogens is 1. The molecule has 2 heterocycles. The van der Waals surface area contributed by atoms with Crippen LogP contribution in [0.5, 0.6) is 0 Å². The Bertz CT molecular complexity index is 814. The quantitative estimate of drug-likeness (QED) is 0.712. The molecular weight excluding hydrogens is 354 g/mol. The molecule has 0 amide bonds. The summed E-state index contributed by atoms with van der Waals surface area (Å²) in [5.74, 6) is 0.331. The normalized spacial score (nSPS) is 19.8. The van der Waals surface area contributed by atoms with E-state index in [4.69, 9.17) is 9.72 Å². The molecule has 0 radical (unpaired) electrons. The minimum absolute atomic E-state index is 0.197. The fraction of sp³-hybridized carbons (Fsp3) is 0.455. The average Bonchev–Trinajstić information content (AvgIpc) is 3.00. The number of hydrogen-bond donors (Lipinski definition) is 1. The van der Waals surface area contributed by atoms with Crippen LogP contribution in [0, 0.1) is 11.3 Å². The van der Waals surface area contributed by atoms with Gasteiger partial charge in [0, 0.05) is 17.0 Å². The number of rotatable bonds is 6. The minimum atomic E-state index is -0.288. The van der Waals surface area contributed by atoms with Crippen molar-refractivity contribution in [1.82, 2.24) is 10.3 Å². The zero-order valence-corrected chi connectivity index (χ0v) is 17.2. The molecule has 1 N–H and O–H groups in total. The molecule has 2 aromatic rings. The van der Waals surface area contributed by atoms with Crippen LogP contribution >= 0.6 is 11.8 Å². The molecule has 1 aromatic heterocycles. The summed E-state index contributed by atoms with van der Waals surface area (Å²) in [4.78, 5) is 4.80. The summed E-state index contributed by atoms with van der Waals surface area (Å²) in [5, 5.41) is 14.1. The molecule has 1 aliphatic heterocycles. The number of benzene rings is 1. The Hall–Kier alpha value is -1.87. The van der Waals surface area contributed by atoms with E-state index in [-0.39, 0.29) is 17.0 Å². The summed E-state index contributed by atoms with van der Waals surface area (Å²) in [6, 6.07) is 16.9. The fourth-order valence-corrected chi connectivity index (χ4v) is 4.57. The standard InChI is InChI=1S/C22H27N3OS/c1-15(2)19-11-10-17(13-23)21(24-19)27-20(16-8-6-5-7-9-16)12-18-14-26-22(3,4)25-18/h5-11,15,18,20,25H,12,14H2,1-4H3/t18-,20+/m0/s1. The third-order valence-corrected chi connectivity index (χ3v) is 6.00. The first-order chi connectivity index (χ1) is 12.9. The van der Waals surface area contributed by atoms with Gasteiger partial charge < -0.3 is 4.74 Å². The summed E-state index contributed by atoms with van der Waals surface area (Å²) in [7, 11) is 0. The molecule has 27 heavy (non-hydrogen) atoms. The number of pyridine rings is 1. The number of thioether (sulfide) groups is 1. The first kappa shape index (κ1) is 19.9. The second-order valence-electron chi connectivity index (χ2n) is 7.77. The molecule has 4 nitrogen and oxygen atoms in total. The van der Waals surface area contributed by atoms with Gasteiger partial charge in [-0.15, -0.1) is 0 Å². The van der Waals surface area contributed by atoms with Crippen LogP contribution in [0.2, 0.25) is 0 Å². The van der Waals surface area contributed by atoms with E-state index >= 15 is 0 Å². The molecule has 2 atom stereocenters. The van der Waals surface area contributed by atoms with Crippen LogP contribution in [0.25, 0.3) is 0 Å². The lowest BCUT2D eigenvalue weighted by Crippen LogP contribution is -2.38. The second kappa shape index (κ2) is 8.43. The van der Waals surface area contributed by atoms with E-state index in [0.29, 0.717) is 18.1 Å². The molecule has 0 spiro atoms. The summed E-state index contributed by atoms with van der Waals surface area (Å²) in [6.45, 7) is 9.05. The molecule has 1 saturated heterocycles. The van der Waals surface area contributed by atoms with Crippen LogP contribution in [0.3, 0.4) is 0 Å². The third-order valence-electron chi connectivity index (χ3n) is 4.71. The topological polar surface area (TPSA) is 57.9 Å². The van der Waals surface area contributed by atoms with Crippen molar-refractivity contribution in [3.05, 3.63) is 59.3 Å². The Labute approximate surface area is 166 Å². The van der Waals surface area contributed by atoms with Crippen molar-refractivity contribution in [1.29, 1.82) is 5.26 Å². The first-order valence-corrected chi connectivity index (χ1v) is 10.3. The van der Waals surface area contributed by atoms with Gasteiger partial charge in [0.2, 0.25) is 0 Å². The molecule has 1 aromatic carbocycles. The van der Waals surface area contributed by atoms with Gasteiger partial charge in [-0.05, 0) is 43.9 Å². The van der Waals surface area contributed by atoms with Crippen LogP contribution in [-0.2, 0) is 4.74 Å². The van der Waals surface area contributed by atoms with Crippen LogP contribution in [-0.4, -0.2) is 23.4 Å². The maximum absolute atomic E-state index is 9.55. The van der Waals surface area contributed by atoms with E-state index in [1.54, 1.807) is 11.8 Å². The molecule has 0 bridgehead atoms. The second-order valence-corrected chi connectivity index (χ2v) is 8.96. The third kappa shape index (κ3) is 5.10. The van der Waals surface area contributed by atoms with Gasteiger partial charge >= 0.3 is 0 Å². The highest BCUT2D eigenvalue weighted by Crippen LogP contribution is 2.40. The van der Waals surface area contributed by atoms with Crippen LogP contribution in [0.4, 0.5) is 0 Å². The predicted molar refractivity (Wildman–Crippen MR) is 110 cm³/mol. The van der Waals surface area contributed by atoms with E-state index in [0.717, 1.165) is 17.1 Å². The number of hydrogen-bond acceptors (Lipinski definition) is 5. The van der Waals surface area contributed by atoms with Crippen LogP contribution in [0.15, 0.2) is 47.5 Å². The van der Waals surface area contributed by atoms with Crippen molar-refractivity contribution in [2.75, 3.05) is 6.61 Å². The van der Waals surface area contributed by atoms with Crippen molar-refractivity contribution < 1.29 is 4.74 Å². The van der Waals surface area contributed by atoms with E-state index in [2.05, 4.69) is 63.3 Å². The summed E-state index contributed by atoms with van der Waals surface area (Å²) in [5.41, 5.74) is 2.62. The van der Waals surface area contributed by atoms with Crippen molar-refractivity contribution in [2.45, 2.75) is 62.1 Å². The Kier molecular flexibility index (Phi) is 6.21. The Balaban J connectivity index is 1.88. The highest BCUT2D eigenvalue weighted by molar-refractivity contribution is 7.99. The van der Waals surface area contributed by atoms with Crippen molar-refractivity contribution in [2.24, 2.45) is 0 Å². The highest BCUT2D eigenvalue weighted by Gasteiger charge is 2.33. The first-order valence-electron chi connectivity index (χ1n) is 9.42. The van der Waals surface area contributed by atoms with Crippen LogP contribution in [0.1, 0.15) is 62.1 Å². The minimum Gasteiger partial charge on any atom is -0.360 e. The van der Waals surface area contributed by atoms with Gasteiger partial charge in [-0.25, -0.2) is 4.98 Å². The molecule has 0 saturated carbocycles. The summed E-state index contributed by atoms with van der Waals surface area (Å²) >= 11 is 1.68. The molecule has 1 fully saturated rings. The van der Waals surface area contributed by atoms with Gasteiger partial charge in [0.1, 0.15) is 16.8 Å². The van der Waals surface area contributed by atoms with Crippen molar-refractivity contribution in [3.63, 3.8) is 0 Å². The molecule has 0 unspecified atom stereocenters. The number of nitrogens with one attached hydrogen (secondary N) is 1. The molecule has 142 valence electrons. The van der Waals surface area contributed by atoms with Gasteiger partial charge in [0.25, 0.3) is 0 Å². The largest absolute Gasteiger partial charge is 0.360 e. The van der Waals surface area contributed by atoms with Crippen LogP contribution < -0.4 is 5.32 Å². The Morgan fingerprint density at radius 2 is 2.00 bits per heavy atom. The predicted octanol–water partition coefficient (Wildman–Crippen LogP) is 5.02. The maximum atomic E-state index is 9.55. The Morgan fingerprint density at radius 3 is 2.59 bits per heavy atom. The summed E-state index contributed by atoms with van der Waals surface area (Å²) < 4.78 is 5.85. The number of ether oxygens (including phenoxy) is 1. The zero-order valence-electron chi connectivity index (χ0n) is 16.4. The number of nitriles is 1. The smallest absolute Gasteiger partial charge is 0.115 e. The van der Waals surface area contributed by atoms with Crippen molar-refractivity contribution in [3.8, 4) is 6.07 Å². The van der Waals surface area contributed by atoms with Gasteiger partial charge in [-0.3, -0.25) is 5.32 Å². The SMILES string of the molecule is CC(C)c1ccc(C#N)c(S[C@H](C[C@H]2COC(C)(C)N2)c2ccccc2)n1. The van der Waals surface area contributed by atoms with Gasteiger partial charge in [0.05, 0.1) is 12.2 Å². The number of nitrogens with zero attached hydrogens (tertiary/aromatic N) is 2. The van der Waals surface area contributed by atoms with Crippen molar-refractivity contribution >= 4 is 11.8 Å². The van der Waals surface area contributed by atoms with E-state index in [1.807, 2.05) is 18.2 Å². The lowest BCUT2D eigenvalue weighted by Gasteiger charge is -2.23. The molecule has 0 aliphatic carbocycles. The lowest BCUT2D eigenvalue weighted by atomic mass is 10.1. The zero-order chi connectivity index (χ0) is 19.4. The maximum Gasteiger partial charge on any atom is 0.115 e. The highest BCUT2D eigenvalue weighted by atomic mass is 32.2. The van der Waals surface area contributed by atoms with E-state index in [9.17, 15) is 5.26 Å². The van der Waals surface area contributed by atoms with Gasteiger partial charge in [-0.1, -0.05) is 55.9 Å². The summed E-state index contributed by atoms with van der Waals surface area (Å²) in [6.07, 6.45) is 0.913. The van der Waals surface area contributed by atoms with E-state index in [1.165, 1.54) is 5.56 Å². The van der Waals surface area contributed by atoms with Gasteiger partial charge in [0.15, 0.2) is 0 Å². The van der Waals surface area contributed by atoms with E-state index < -0.39 is 0 Å². The molecule has 3 rings (SSSR count). The average molecular weight is 382 g/mol. The van der Waals surface area contributed by atoms with Gasteiger partial charge in [-0.2, -0.15) is 5.26 Å². The fourth-order valence-electron chi connectivity index (χ4n) is 3.28. The molecular formula is C22H27N3OS. The Morgan fingerprint density at radius 1 is 1.26 bits per heavy atom. The lowest BCUT2D eigenvalue weighted by molar-refractivity contribution is 0.0231.